The van der Waals surface area contributed by atoms with Crippen molar-refractivity contribution in [3.63, 3.8) is 0 Å². The summed E-state index contributed by atoms with van der Waals surface area (Å²) in [7, 11) is 0. The van der Waals surface area contributed by atoms with Crippen LogP contribution in [0.1, 0.15) is 52.8 Å². The largest absolute Gasteiger partial charge is 0.478 e. The van der Waals surface area contributed by atoms with E-state index in [2.05, 4.69) is 11.9 Å². The molecule has 1 aliphatic carbocycles. The van der Waals surface area contributed by atoms with Gasteiger partial charge in [0.25, 0.3) is 0 Å². The van der Waals surface area contributed by atoms with Gasteiger partial charge in [-0.2, -0.15) is 0 Å². The molecule has 4 N–H and O–H groups in total. The topological polar surface area (TPSA) is 154 Å². The van der Waals surface area contributed by atoms with Gasteiger partial charge in [0.2, 0.25) is 0 Å². The van der Waals surface area contributed by atoms with Gasteiger partial charge in [-0.05, 0) is 68.3 Å². The van der Waals surface area contributed by atoms with Crippen molar-refractivity contribution in [2.45, 2.75) is 34.8 Å². The number of carbonyl (C=O) groups excluding carboxylic acids is 3. The molecule has 0 fully saturated rings. The lowest BCUT2D eigenvalue weighted by Crippen LogP contribution is -2.50. The zero-order valence-corrected chi connectivity index (χ0v) is 30.7. The molecule has 2 atom stereocenters. The van der Waals surface area contributed by atoms with Crippen LogP contribution in [0.4, 0.5) is 9.59 Å². The number of carbonyl (C=O) groups is 4. The monoisotopic (exact) mass is 738 g/mol. The Morgan fingerprint density at radius 2 is 1.31 bits per heavy atom. The van der Waals surface area contributed by atoms with E-state index in [4.69, 9.17) is 19.9 Å². The highest BCUT2D eigenvalue weighted by Gasteiger charge is 2.56. The van der Waals surface area contributed by atoms with Crippen molar-refractivity contribution >= 4 is 53.7 Å². The van der Waals surface area contributed by atoms with Crippen LogP contribution >= 0.6 is 23.5 Å². The standard InChI is InChI=1S/C40H38N2O8S2/c1-24(2)36(45)48-21-20-42-38(47)50-39(27-11-15-29(51-4)16-12-27)31-8-6-7-9-32(31)40(49-37(41)46,28-13-17-30(52-5)18-14-28)34-23-26(10-19-33(34)39)22-25(3)35(43)44/h6-19,22-23H,1,20-21H2,2-5H3,(H2,41,46)(H,42,47)(H,43,44)/b25-22-. The Hall–Kier alpha value is -5.46. The van der Waals surface area contributed by atoms with Crippen LogP contribution in [-0.2, 0) is 35.0 Å². The van der Waals surface area contributed by atoms with Gasteiger partial charge in [-0.25, -0.2) is 19.2 Å². The molecule has 0 saturated carbocycles. The van der Waals surface area contributed by atoms with E-state index in [0.29, 0.717) is 38.9 Å². The van der Waals surface area contributed by atoms with E-state index in [9.17, 15) is 24.3 Å². The summed E-state index contributed by atoms with van der Waals surface area (Å²) in [6, 6.07) is 27.4. The molecule has 0 heterocycles. The molecule has 5 rings (SSSR count). The molecule has 12 heteroatoms. The minimum atomic E-state index is -1.67. The molecule has 0 saturated heterocycles. The van der Waals surface area contributed by atoms with E-state index in [1.165, 1.54) is 19.9 Å². The number of primary amides is 1. The lowest BCUT2D eigenvalue weighted by molar-refractivity contribution is -0.138. The Kier molecular flexibility index (Phi) is 11.5. The Balaban J connectivity index is 1.84. The van der Waals surface area contributed by atoms with Crippen molar-refractivity contribution < 1.29 is 38.5 Å². The second kappa shape index (κ2) is 15.8. The number of benzene rings is 4. The van der Waals surface area contributed by atoms with Crippen molar-refractivity contribution in [3.8, 4) is 0 Å². The first-order chi connectivity index (χ1) is 24.9. The number of fused-ring (bicyclic) bond motifs is 2. The third-order valence-electron chi connectivity index (χ3n) is 8.65. The van der Waals surface area contributed by atoms with Crippen LogP contribution in [0.2, 0.25) is 0 Å². The number of aliphatic carboxylic acids is 1. The Labute approximate surface area is 310 Å². The molecule has 10 nitrogen and oxygen atoms in total. The number of hydrogen-bond acceptors (Lipinski definition) is 9. The first kappa shape index (κ1) is 37.8. The van der Waals surface area contributed by atoms with E-state index in [0.717, 1.165) is 9.79 Å². The van der Waals surface area contributed by atoms with Gasteiger partial charge in [0.1, 0.15) is 6.61 Å². The SMILES string of the molecule is C=C(C)C(=O)OCCNC(=O)OC1(c2ccc(SC)cc2)c2ccccc2C(OC(N)=O)(c2ccc(SC)cc2)c2cc(/C=C(/C)C(=O)O)ccc21. The van der Waals surface area contributed by atoms with Crippen LogP contribution in [0.25, 0.3) is 6.08 Å². The molecule has 0 radical (unpaired) electrons. The summed E-state index contributed by atoms with van der Waals surface area (Å²) < 4.78 is 18.0. The van der Waals surface area contributed by atoms with Crippen LogP contribution < -0.4 is 11.1 Å². The van der Waals surface area contributed by atoms with Crippen LogP contribution in [0.15, 0.2) is 119 Å². The lowest BCUT2D eigenvalue weighted by atomic mass is 9.63. The molecule has 0 aromatic heterocycles. The molecular formula is C40H38N2O8S2. The molecule has 52 heavy (non-hydrogen) atoms. The first-order valence-corrected chi connectivity index (χ1v) is 18.6. The normalized spacial score (nSPS) is 17.6. The Morgan fingerprint density at radius 3 is 1.79 bits per heavy atom. The molecule has 0 spiro atoms. The number of carboxylic acids is 1. The molecule has 268 valence electrons. The summed E-state index contributed by atoms with van der Waals surface area (Å²) in [6.45, 7) is 6.40. The third kappa shape index (κ3) is 7.30. The number of thioether (sulfide) groups is 2. The van der Waals surface area contributed by atoms with Gasteiger partial charge >= 0.3 is 24.1 Å². The van der Waals surface area contributed by atoms with E-state index in [1.54, 1.807) is 66.0 Å². The number of amides is 2. The van der Waals surface area contributed by atoms with Crippen molar-refractivity contribution in [1.29, 1.82) is 0 Å². The number of esters is 1. The van der Waals surface area contributed by atoms with E-state index in [1.807, 2.05) is 61.0 Å². The average Bonchev–Trinajstić information content (AvgIpc) is 3.14. The first-order valence-electron chi connectivity index (χ1n) is 16.1. The fraction of sp³-hybridized carbons (Fsp3) is 0.200. The molecule has 4 aromatic carbocycles. The smallest absolute Gasteiger partial charge is 0.408 e. The van der Waals surface area contributed by atoms with Crippen molar-refractivity contribution in [3.05, 3.63) is 148 Å². The highest BCUT2D eigenvalue weighted by atomic mass is 32.2. The molecule has 0 aliphatic heterocycles. The highest BCUT2D eigenvalue weighted by Crippen LogP contribution is 2.57. The molecule has 0 bridgehead atoms. The molecule has 1 aliphatic rings. The predicted molar refractivity (Wildman–Crippen MR) is 201 cm³/mol. The van der Waals surface area contributed by atoms with E-state index >= 15 is 0 Å². The zero-order chi connectivity index (χ0) is 37.6. The van der Waals surface area contributed by atoms with E-state index < -0.39 is 35.3 Å². The van der Waals surface area contributed by atoms with Gasteiger partial charge in [-0.3, -0.25) is 0 Å². The maximum Gasteiger partial charge on any atom is 0.408 e. The minimum absolute atomic E-state index is 0.0530. The van der Waals surface area contributed by atoms with Crippen molar-refractivity contribution in [1.82, 2.24) is 5.32 Å². The number of alkyl carbamates (subject to hydrolysis) is 1. The fourth-order valence-electron chi connectivity index (χ4n) is 6.31. The van der Waals surface area contributed by atoms with E-state index in [-0.39, 0.29) is 24.3 Å². The van der Waals surface area contributed by atoms with Crippen molar-refractivity contribution in [2.75, 3.05) is 25.7 Å². The molecular weight excluding hydrogens is 701 g/mol. The number of nitrogens with one attached hydrogen (secondary N) is 1. The highest BCUT2D eigenvalue weighted by molar-refractivity contribution is 7.98. The number of rotatable bonds is 12. The van der Waals surface area contributed by atoms with Gasteiger partial charge in [-0.1, -0.05) is 67.2 Å². The minimum Gasteiger partial charge on any atom is -0.478 e. The number of carboxylic acid groups (broad SMARTS) is 1. The van der Waals surface area contributed by atoms with Crippen LogP contribution in [0.5, 0.6) is 0 Å². The Morgan fingerprint density at radius 1 is 0.788 bits per heavy atom. The van der Waals surface area contributed by atoms with Gasteiger partial charge in [0.15, 0.2) is 11.2 Å². The second-order valence-electron chi connectivity index (χ2n) is 12.0. The quantitative estimate of drug-likeness (QED) is 0.0439. The van der Waals surface area contributed by atoms with Crippen molar-refractivity contribution in [2.24, 2.45) is 5.73 Å². The second-order valence-corrected chi connectivity index (χ2v) is 13.7. The van der Waals surface area contributed by atoms with Crippen LogP contribution in [-0.4, -0.2) is 54.9 Å². The van der Waals surface area contributed by atoms with Gasteiger partial charge in [-0.15, -0.1) is 23.5 Å². The summed E-state index contributed by atoms with van der Waals surface area (Å²) in [4.78, 5) is 52.7. The zero-order valence-electron chi connectivity index (χ0n) is 29.1. The predicted octanol–water partition coefficient (Wildman–Crippen LogP) is 7.46. The lowest BCUT2D eigenvalue weighted by Gasteiger charge is -2.48. The number of nitrogens with two attached hydrogens (primary N) is 1. The molecule has 2 unspecified atom stereocenters. The third-order valence-corrected chi connectivity index (χ3v) is 10.1. The summed E-state index contributed by atoms with van der Waals surface area (Å²) in [5.74, 6) is -1.69. The average molecular weight is 739 g/mol. The molecule has 4 aromatic rings. The Bertz CT molecular complexity index is 2060. The number of hydrogen-bond donors (Lipinski definition) is 3. The summed E-state index contributed by atoms with van der Waals surface area (Å²) in [5, 5.41) is 12.4. The van der Waals surface area contributed by atoms with Gasteiger partial charge in [0.05, 0.1) is 6.54 Å². The summed E-state index contributed by atoms with van der Waals surface area (Å²) in [5.41, 5.74) is 6.28. The molecule has 2 amide bonds. The maximum absolute atomic E-state index is 13.9. The van der Waals surface area contributed by atoms with Crippen LogP contribution in [0, 0.1) is 0 Å². The van der Waals surface area contributed by atoms with Gasteiger partial charge in [0, 0.05) is 54.3 Å². The summed E-state index contributed by atoms with van der Waals surface area (Å²) in [6.07, 6.45) is 3.52. The number of ether oxygens (including phenoxy) is 3. The van der Waals surface area contributed by atoms with Gasteiger partial charge < -0.3 is 30.4 Å². The fourth-order valence-corrected chi connectivity index (χ4v) is 7.12. The van der Waals surface area contributed by atoms with Crippen LogP contribution in [0.3, 0.4) is 0 Å². The summed E-state index contributed by atoms with van der Waals surface area (Å²) >= 11 is 3.09. The maximum atomic E-state index is 13.9.